The molecule has 0 bridgehead atoms. The van der Waals surface area contributed by atoms with Crippen LogP contribution < -0.4 is 10.6 Å². The predicted octanol–water partition coefficient (Wildman–Crippen LogP) is 2.55. The lowest BCUT2D eigenvalue weighted by molar-refractivity contribution is -0.121. The van der Waals surface area contributed by atoms with Crippen LogP contribution in [0.3, 0.4) is 0 Å². The summed E-state index contributed by atoms with van der Waals surface area (Å²) in [5.74, 6) is -0.645. The van der Waals surface area contributed by atoms with Crippen molar-refractivity contribution in [3.63, 3.8) is 0 Å². The average molecular weight is 301 g/mol. The Morgan fingerprint density at radius 2 is 2.20 bits per heavy atom. The van der Waals surface area contributed by atoms with Crippen LogP contribution in [0, 0.1) is 5.82 Å². The Hall–Kier alpha value is -1.62. The summed E-state index contributed by atoms with van der Waals surface area (Å²) in [6.45, 7) is 1.83. The number of halogens is 2. The molecule has 0 heterocycles. The van der Waals surface area contributed by atoms with Crippen LogP contribution in [0.15, 0.2) is 12.1 Å². The highest BCUT2D eigenvalue weighted by molar-refractivity contribution is 6.33. The van der Waals surface area contributed by atoms with Gasteiger partial charge in [0, 0.05) is 13.5 Å². The number of likely N-dealkylation sites (N-methyl/N-ethyl adjacent to an activating group) is 1. The van der Waals surface area contributed by atoms with Crippen LogP contribution in [0.1, 0.15) is 25.3 Å². The standard InChI is InChI=1S/C14H18ClFN2O2/c1-3-9-7-10(15)13(8-11(9)16)18-12(5-4-6-19)14(20)17-2/h6-8,12,18H,3-5H2,1-2H3,(H,17,20). The molecule has 0 aliphatic heterocycles. The average Bonchev–Trinajstić information content (AvgIpc) is 2.45. The molecular formula is C14H18ClFN2O2. The number of rotatable bonds is 7. The van der Waals surface area contributed by atoms with E-state index in [4.69, 9.17) is 11.6 Å². The van der Waals surface area contributed by atoms with Crippen molar-refractivity contribution in [2.24, 2.45) is 0 Å². The summed E-state index contributed by atoms with van der Waals surface area (Å²) in [6, 6.07) is 2.19. The van der Waals surface area contributed by atoms with Gasteiger partial charge in [-0.05, 0) is 30.5 Å². The predicted molar refractivity (Wildman–Crippen MR) is 77.6 cm³/mol. The van der Waals surface area contributed by atoms with Gasteiger partial charge < -0.3 is 15.4 Å². The number of aryl methyl sites for hydroxylation is 1. The lowest BCUT2D eigenvalue weighted by Gasteiger charge is -2.19. The molecule has 0 saturated heterocycles. The second kappa shape index (κ2) is 7.85. The summed E-state index contributed by atoms with van der Waals surface area (Å²) >= 11 is 6.08. The minimum Gasteiger partial charge on any atom is -0.372 e. The van der Waals surface area contributed by atoms with Gasteiger partial charge in [-0.3, -0.25) is 4.79 Å². The van der Waals surface area contributed by atoms with E-state index >= 15 is 0 Å². The van der Waals surface area contributed by atoms with Crippen molar-refractivity contribution in [2.75, 3.05) is 12.4 Å². The molecule has 0 spiro atoms. The van der Waals surface area contributed by atoms with Crippen LogP contribution in [0.2, 0.25) is 5.02 Å². The van der Waals surface area contributed by atoms with Gasteiger partial charge in [0.05, 0.1) is 10.7 Å². The molecule has 0 saturated carbocycles. The van der Waals surface area contributed by atoms with Gasteiger partial charge in [-0.15, -0.1) is 0 Å². The van der Waals surface area contributed by atoms with E-state index in [0.29, 0.717) is 29.1 Å². The second-order valence-electron chi connectivity index (χ2n) is 4.33. The quantitative estimate of drug-likeness (QED) is 0.761. The van der Waals surface area contributed by atoms with Gasteiger partial charge in [-0.2, -0.15) is 0 Å². The molecule has 0 fully saturated rings. The van der Waals surface area contributed by atoms with Gasteiger partial charge >= 0.3 is 0 Å². The smallest absolute Gasteiger partial charge is 0.242 e. The van der Waals surface area contributed by atoms with Crippen LogP contribution in [0.5, 0.6) is 0 Å². The third kappa shape index (κ3) is 4.20. The highest BCUT2D eigenvalue weighted by Crippen LogP contribution is 2.27. The first-order valence-corrected chi connectivity index (χ1v) is 6.80. The number of hydrogen-bond donors (Lipinski definition) is 2. The number of nitrogens with one attached hydrogen (secondary N) is 2. The maximum Gasteiger partial charge on any atom is 0.242 e. The van der Waals surface area contributed by atoms with E-state index in [1.165, 1.54) is 13.1 Å². The highest BCUT2D eigenvalue weighted by Gasteiger charge is 2.18. The second-order valence-corrected chi connectivity index (χ2v) is 4.74. The molecule has 4 nitrogen and oxygen atoms in total. The van der Waals surface area contributed by atoms with E-state index in [-0.39, 0.29) is 18.1 Å². The van der Waals surface area contributed by atoms with Crippen LogP contribution >= 0.6 is 11.6 Å². The maximum atomic E-state index is 13.8. The Morgan fingerprint density at radius 1 is 1.50 bits per heavy atom. The monoisotopic (exact) mass is 300 g/mol. The normalized spacial score (nSPS) is 11.8. The molecule has 0 aliphatic rings. The molecule has 2 N–H and O–H groups in total. The Bertz CT molecular complexity index is 494. The first-order valence-electron chi connectivity index (χ1n) is 6.43. The fraction of sp³-hybridized carbons (Fsp3) is 0.429. The van der Waals surface area contributed by atoms with Crippen molar-refractivity contribution in [2.45, 2.75) is 32.2 Å². The third-order valence-corrected chi connectivity index (χ3v) is 3.30. The fourth-order valence-electron chi connectivity index (χ4n) is 1.84. The molecule has 6 heteroatoms. The summed E-state index contributed by atoms with van der Waals surface area (Å²) in [6.07, 6.45) is 1.82. The largest absolute Gasteiger partial charge is 0.372 e. The van der Waals surface area contributed by atoms with Crippen molar-refractivity contribution in [1.82, 2.24) is 5.32 Å². The number of carbonyl (C=O) groups is 2. The molecular weight excluding hydrogens is 283 g/mol. The molecule has 0 radical (unpaired) electrons. The third-order valence-electron chi connectivity index (χ3n) is 2.98. The lowest BCUT2D eigenvalue weighted by atomic mass is 10.1. The van der Waals surface area contributed by atoms with Crippen molar-refractivity contribution in [1.29, 1.82) is 0 Å². The SMILES string of the molecule is CCc1cc(Cl)c(NC(CCC=O)C(=O)NC)cc1F. The lowest BCUT2D eigenvalue weighted by Crippen LogP contribution is -2.37. The molecule has 1 aromatic carbocycles. The summed E-state index contributed by atoms with van der Waals surface area (Å²) in [4.78, 5) is 22.1. The molecule has 20 heavy (non-hydrogen) atoms. The van der Waals surface area contributed by atoms with Crippen molar-refractivity contribution < 1.29 is 14.0 Å². The first-order chi connectivity index (χ1) is 9.53. The van der Waals surface area contributed by atoms with Crippen LogP contribution in [0.25, 0.3) is 0 Å². The minimum absolute atomic E-state index is 0.234. The van der Waals surface area contributed by atoms with Crippen molar-refractivity contribution in [3.8, 4) is 0 Å². The Labute approximate surface area is 122 Å². The maximum absolute atomic E-state index is 13.8. The van der Waals surface area contributed by atoms with Crippen LogP contribution in [0.4, 0.5) is 10.1 Å². The van der Waals surface area contributed by atoms with Gasteiger partial charge in [-0.25, -0.2) is 4.39 Å². The summed E-state index contributed by atoms with van der Waals surface area (Å²) in [5, 5.41) is 5.73. The zero-order chi connectivity index (χ0) is 15.1. The molecule has 1 amide bonds. The summed E-state index contributed by atoms with van der Waals surface area (Å²) < 4.78 is 13.8. The number of carbonyl (C=O) groups excluding carboxylic acids is 2. The van der Waals surface area contributed by atoms with E-state index < -0.39 is 6.04 Å². The van der Waals surface area contributed by atoms with Gasteiger partial charge in [0.2, 0.25) is 5.91 Å². The van der Waals surface area contributed by atoms with Crippen molar-refractivity contribution >= 4 is 29.5 Å². The highest BCUT2D eigenvalue weighted by atomic mass is 35.5. The number of hydrogen-bond acceptors (Lipinski definition) is 3. The van der Waals surface area contributed by atoms with E-state index in [0.717, 1.165) is 6.29 Å². The summed E-state index contributed by atoms with van der Waals surface area (Å²) in [5.41, 5.74) is 0.866. The van der Waals surface area contributed by atoms with Gasteiger partial charge in [-0.1, -0.05) is 18.5 Å². The molecule has 0 aliphatic carbocycles. The fourth-order valence-corrected chi connectivity index (χ4v) is 2.08. The van der Waals surface area contributed by atoms with E-state index in [1.807, 2.05) is 6.92 Å². The van der Waals surface area contributed by atoms with Gasteiger partial charge in [0.1, 0.15) is 18.1 Å². The molecule has 1 rings (SSSR count). The number of amides is 1. The number of anilines is 1. The minimum atomic E-state index is -0.630. The van der Waals surface area contributed by atoms with E-state index in [9.17, 15) is 14.0 Å². The Kier molecular flexibility index (Phi) is 6.45. The van der Waals surface area contributed by atoms with Gasteiger partial charge in [0.25, 0.3) is 0 Å². The molecule has 0 aromatic heterocycles. The zero-order valence-electron chi connectivity index (χ0n) is 11.5. The summed E-state index contributed by atoms with van der Waals surface area (Å²) in [7, 11) is 1.50. The Balaban J connectivity index is 2.95. The Morgan fingerprint density at radius 3 is 2.75 bits per heavy atom. The molecule has 1 aromatic rings. The zero-order valence-corrected chi connectivity index (χ0v) is 12.3. The van der Waals surface area contributed by atoms with Crippen molar-refractivity contribution in [3.05, 3.63) is 28.5 Å². The first kappa shape index (κ1) is 16.4. The van der Waals surface area contributed by atoms with E-state index in [2.05, 4.69) is 10.6 Å². The van der Waals surface area contributed by atoms with Crippen LogP contribution in [-0.2, 0) is 16.0 Å². The van der Waals surface area contributed by atoms with Crippen LogP contribution in [-0.4, -0.2) is 25.3 Å². The van der Waals surface area contributed by atoms with E-state index in [1.54, 1.807) is 6.07 Å². The topological polar surface area (TPSA) is 58.2 Å². The molecule has 1 atom stereocenters. The molecule has 110 valence electrons. The van der Waals surface area contributed by atoms with Gasteiger partial charge in [0.15, 0.2) is 0 Å². The number of benzene rings is 1. The number of aldehydes is 1. The molecule has 1 unspecified atom stereocenters.